The van der Waals surface area contributed by atoms with Gasteiger partial charge in [0.25, 0.3) is 5.56 Å². The predicted octanol–water partition coefficient (Wildman–Crippen LogP) is 2.56. The molecule has 0 spiro atoms. The number of esters is 1. The van der Waals surface area contributed by atoms with Gasteiger partial charge in [-0.05, 0) is 38.3 Å². The van der Waals surface area contributed by atoms with Crippen molar-refractivity contribution < 1.29 is 9.53 Å². The van der Waals surface area contributed by atoms with Crippen LogP contribution in [0.4, 0.5) is 0 Å². The molecule has 3 aromatic rings. The lowest BCUT2D eigenvalue weighted by atomic mass is 10.2. The number of carbonyl (C=O) groups is 1. The van der Waals surface area contributed by atoms with Gasteiger partial charge in [-0.2, -0.15) is 0 Å². The summed E-state index contributed by atoms with van der Waals surface area (Å²) in [6.07, 6.45) is 6.24. The first-order valence-electron chi connectivity index (χ1n) is 7.61. The molecule has 0 bridgehead atoms. The summed E-state index contributed by atoms with van der Waals surface area (Å²) in [6, 6.07) is 3.84. The maximum Gasteiger partial charge on any atom is 0.345 e. The van der Waals surface area contributed by atoms with Gasteiger partial charge >= 0.3 is 5.97 Å². The normalized spacial score (nSPS) is 10.9. The SMILES string of the molecule is Cc1sc2ncc(C(=O)OCCCc3cccnc3)c(=O)n2c1C. The zero-order chi connectivity index (χ0) is 17.1. The average Bonchev–Trinajstić information content (AvgIpc) is 2.88. The topological polar surface area (TPSA) is 73.6 Å². The van der Waals surface area contributed by atoms with Crippen molar-refractivity contribution >= 4 is 22.3 Å². The highest BCUT2D eigenvalue weighted by atomic mass is 32.1. The number of ether oxygens (including phenoxy) is 1. The molecule has 0 N–H and O–H groups in total. The van der Waals surface area contributed by atoms with Crippen LogP contribution in [-0.4, -0.2) is 26.9 Å². The molecule has 7 heteroatoms. The second kappa shape index (κ2) is 6.92. The fraction of sp³-hybridized carbons (Fsp3) is 0.294. The van der Waals surface area contributed by atoms with E-state index in [1.54, 1.807) is 12.4 Å². The smallest absolute Gasteiger partial charge is 0.345 e. The number of aryl methyl sites for hydroxylation is 3. The van der Waals surface area contributed by atoms with Gasteiger partial charge in [-0.25, -0.2) is 9.78 Å². The maximum absolute atomic E-state index is 12.5. The second-order valence-electron chi connectivity index (χ2n) is 5.44. The number of rotatable bonds is 5. The van der Waals surface area contributed by atoms with E-state index in [1.807, 2.05) is 26.0 Å². The van der Waals surface area contributed by atoms with Crippen molar-refractivity contribution in [3.05, 3.63) is 62.8 Å². The molecule has 0 aromatic carbocycles. The van der Waals surface area contributed by atoms with Crippen molar-refractivity contribution in [1.29, 1.82) is 0 Å². The zero-order valence-electron chi connectivity index (χ0n) is 13.5. The molecule has 0 aliphatic carbocycles. The van der Waals surface area contributed by atoms with E-state index in [0.29, 0.717) is 11.4 Å². The molecular formula is C17H17N3O3S. The van der Waals surface area contributed by atoms with Gasteiger partial charge in [0.1, 0.15) is 5.56 Å². The molecule has 0 saturated carbocycles. The molecule has 0 aliphatic rings. The number of aromatic nitrogens is 3. The molecule has 24 heavy (non-hydrogen) atoms. The van der Waals surface area contributed by atoms with Crippen molar-refractivity contribution in [1.82, 2.24) is 14.4 Å². The van der Waals surface area contributed by atoms with Crippen LogP contribution in [0.25, 0.3) is 4.96 Å². The monoisotopic (exact) mass is 343 g/mol. The summed E-state index contributed by atoms with van der Waals surface area (Å²) >= 11 is 1.43. The number of fused-ring (bicyclic) bond motifs is 1. The summed E-state index contributed by atoms with van der Waals surface area (Å²) in [5.74, 6) is -0.628. The largest absolute Gasteiger partial charge is 0.462 e. The molecule has 6 nitrogen and oxygen atoms in total. The number of carbonyl (C=O) groups excluding carboxylic acids is 1. The van der Waals surface area contributed by atoms with Crippen LogP contribution in [0.15, 0.2) is 35.5 Å². The summed E-state index contributed by atoms with van der Waals surface area (Å²) in [5, 5.41) is 0. The molecule has 0 amide bonds. The fourth-order valence-electron chi connectivity index (χ4n) is 2.38. The van der Waals surface area contributed by atoms with Crippen LogP contribution in [0.5, 0.6) is 0 Å². The van der Waals surface area contributed by atoms with Crippen LogP contribution in [0.3, 0.4) is 0 Å². The lowest BCUT2D eigenvalue weighted by Gasteiger charge is -2.05. The van der Waals surface area contributed by atoms with Crippen molar-refractivity contribution in [2.24, 2.45) is 0 Å². The molecule has 0 saturated heterocycles. The van der Waals surface area contributed by atoms with Crippen LogP contribution in [0.2, 0.25) is 0 Å². The highest BCUT2D eigenvalue weighted by molar-refractivity contribution is 7.17. The molecule has 0 fully saturated rings. The van der Waals surface area contributed by atoms with Crippen LogP contribution < -0.4 is 5.56 Å². The number of nitrogens with zero attached hydrogens (tertiary/aromatic N) is 3. The number of pyridine rings is 1. The summed E-state index contributed by atoms with van der Waals surface area (Å²) in [4.78, 5) is 34.5. The Balaban J connectivity index is 1.67. The van der Waals surface area contributed by atoms with Crippen LogP contribution in [-0.2, 0) is 11.2 Å². The van der Waals surface area contributed by atoms with Crippen molar-refractivity contribution in [3.8, 4) is 0 Å². The third-order valence-electron chi connectivity index (χ3n) is 3.80. The van der Waals surface area contributed by atoms with E-state index in [1.165, 1.54) is 21.9 Å². The van der Waals surface area contributed by atoms with Gasteiger partial charge in [-0.15, -0.1) is 11.3 Å². The Hall–Kier alpha value is -2.54. The van der Waals surface area contributed by atoms with Crippen molar-refractivity contribution in [2.75, 3.05) is 6.61 Å². The number of hydrogen-bond donors (Lipinski definition) is 0. The Morgan fingerprint density at radius 1 is 1.33 bits per heavy atom. The molecule has 0 radical (unpaired) electrons. The van der Waals surface area contributed by atoms with E-state index < -0.39 is 5.97 Å². The third-order valence-corrected chi connectivity index (χ3v) is 4.88. The van der Waals surface area contributed by atoms with Crippen molar-refractivity contribution in [3.63, 3.8) is 0 Å². The van der Waals surface area contributed by atoms with Crippen LogP contribution >= 0.6 is 11.3 Å². The standard InChI is InChI=1S/C17H17N3O3S/c1-11-12(2)24-17-19-10-14(15(21)20(11)17)16(22)23-8-4-6-13-5-3-7-18-9-13/h3,5,7,9-10H,4,6,8H2,1-2H3. The van der Waals surface area contributed by atoms with E-state index in [9.17, 15) is 9.59 Å². The first kappa shape index (κ1) is 16.3. The maximum atomic E-state index is 12.5. The number of thiazole rings is 1. The Labute approximate surface area is 142 Å². The summed E-state index contributed by atoms with van der Waals surface area (Å²) in [7, 11) is 0. The molecule has 0 aliphatic heterocycles. The Bertz CT molecular complexity index is 931. The van der Waals surface area contributed by atoms with Gasteiger partial charge < -0.3 is 4.74 Å². The van der Waals surface area contributed by atoms with Crippen LogP contribution in [0.1, 0.15) is 32.9 Å². The quantitative estimate of drug-likeness (QED) is 0.526. The molecule has 3 rings (SSSR count). The highest BCUT2D eigenvalue weighted by Gasteiger charge is 2.17. The lowest BCUT2D eigenvalue weighted by molar-refractivity contribution is 0.0498. The predicted molar refractivity (Wildman–Crippen MR) is 91.7 cm³/mol. The Kier molecular flexibility index (Phi) is 4.71. The minimum atomic E-state index is -0.628. The van der Waals surface area contributed by atoms with Gasteiger partial charge in [0.05, 0.1) is 12.8 Å². The Morgan fingerprint density at radius 3 is 2.92 bits per heavy atom. The van der Waals surface area contributed by atoms with Gasteiger partial charge in [-0.3, -0.25) is 14.2 Å². The van der Waals surface area contributed by atoms with E-state index in [-0.39, 0.29) is 17.7 Å². The second-order valence-corrected chi connectivity index (χ2v) is 6.62. The van der Waals surface area contributed by atoms with E-state index in [2.05, 4.69) is 9.97 Å². The average molecular weight is 343 g/mol. The zero-order valence-corrected chi connectivity index (χ0v) is 14.3. The first-order valence-corrected chi connectivity index (χ1v) is 8.43. The molecule has 3 aromatic heterocycles. The highest BCUT2D eigenvalue weighted by Crippen LogP contribution is 2.18. The molecule has 0 unspecified atom stereocenters. The van der Waals surface area contributed by atoms with Crippen molar-refractivity contribution in [2.45, 2.75) is 26.7 Å². The minimum absolute atomic E-state index is 0.0326. The summed E-state index contributed by atoms with van der Waals surface area (Å²) in [5.41, 5.74) is 1.48. The van der Waals surface area contributed by atoms with Gasteiger partial charge in [0, 0.05) is 23.0 Å². The Morgan fingerprint density at radius 2 is 2.17 bits per heavy atom. The number of hydrogen-bond acceptors (Lipinski definition) is 6. The fourth-order valence-corrected chi connectivity index (χ4v) is 3.31. The van der Waals surface area contributed by atoms with Gasteiger partial charge in [0.15, 0.2) is 4.96 Å². The molecule has 124 valence electrons. The third kappa shape index (κ3) is 3.21. The van der Waals surface area contributed by atoms with Crippen LogP contribution in [0, 0.1) is 13.8 Å². The molecular weight excluding hydrogens is 326 g/mol. The van der Waals surface area contributed by atoms with E-state index in [4.69, 9.17) is 4.74 Å². The first-order chi connectivity index (χ1) is 11.6. The molecule has 0 atom stereocenters. The van der Waals surface area contributed by atoms with Gasteiger partial charge in [0.2, 0.25) is 0 Å². The van der Waals surface area contributed by atoms with E-state index in [0.717, 1.165) is 22.6 Å². The van der Waals surface area contributed by atoms with Gasteiger partial charge in [-0.1, -0.05) is 6.07 Å². The summed E-state index contributed by atoms with van der Waals surface area (Å²) < 4.78 is 6.68. The molecule has 3 heterocycles. The van der Waals surface area contributed by atoms with E-state index >= 15 is 0 Å². The lowest BCUT2D eigenvalue weighted by Crippen LogP contribution is -2.24. The minimum Gasteiger partial charge on any atom is -0.462 e. The summed E-state index contributed by atoms with van der Waals surface area (Å²) in [6.45, 7) is 4.01.